The van der Waals surface area contributed by atoms with Crippen LogP contribution in [-0.2, 0) is 4.79 Å². The van der Waals surface area contributed by atoms with Gasteiger partial charge in [0, 0.05) is 11.9 Å². The van der Waals surface area contributed by atoms with Crippen LogP contribution in [0.5, 0.6) is 0 Å². The molecule has 90 valence electrons. The molecule has 0 radical (unpaired) electrons. The van der Waals surface area contributed by atoms with Crippen LogP contribution in [0.25, 0.3) is 0 Å². The molecule has 1 heterocycles. The summed E-state index contributed by atoms with van der Waals surface area (Å²) < 4.78 is 12.7. The first-order valence-corrected chi connectivity index (χ1v) is 6.08. The standard InChI is InChI=1S/C10H14ClFN2OS/c1-5-8(16-7(3)13-5)6(2)14(4)10(15)9(11)12/h6,9H,1-4H3. The Bertz CT molecular complexity index is 394. The molecular weight excluding hydrogens is 251 g/mol. The minimum absolute atomic E-state index is 0.212. The minimum Gasteiger partial charge on any atom is -0.334 e. The lowest BCUT2D eigenvalue weighted by molar-refractivity contribution is -0.134. The van der Waals surface area contributed by atoms with Crippen LogP contribution in [0.4, 0.5) is 4.39 Å². The van der Waals surface area contributed by atoms with E-state index in [4.69, 9.17) is 11.6 Å². The Morgan fingerprint density at radius 1 is 1.56 bits per heavy atom. The number of nitrogens with zero attached hydrogens (tertiary/aromatic N) is 2. The second-order valence-corrected chi connectivity index (χ2v) is 5.23. The summed E-state index contributed by atoms with van der Waals surface area (Å²) in [5.74, 6) is -0.723. The summed E-state index contributed by atoms with van der Waals surface area (Å²) in [6.45, 7) is 5.60. The van der Waals surface area contributed by atoms with Crippen molar-refractivity contribution >= 4 is 28.8 Å². The summed E-state index contributed by atoms with van der Waals surface area (Å²) in [4.78, 5) is 17.9. The number of alkyl halides is 2. The summed E-state index contributed by atoms with van der Waals surface area (Å²) in [7, 11) is 1.54. The highest BCUT2D eigenvalue weighted by molar-refractivity contribution is 7.11. The zero-order chi connectivity index (χ0) is 12.5. The van der Waals surface area contributed by atoms with E-state index in [1.807, 2.05) is 20.8 Å². The van der Waals surface area contributed by atoms with Crippen molar-refractivity contribution < 1.29 is 9.18 Å². The van der Waals surface area contributed by atoms with Gasteiger partial charge in [-0.15, -0.1) is 11.3 Å². The van der Waals surface area contributed by atoms with Crippen molar-refractivity contribution in [3.63, 3.8) is 0 Å². The quantitative estimate of drug-likeness (QED) is 0.787. The third-order valence-electron chi connectivity index (χ3n) is 2.43. The summed E-state index contributed by atoms with van der Waals surface area (Å²) >= 11 is 6.64. The predicted molar refractivity (Wildman–Crippen MR) is 63.5 cm³/mol. The van der Waals surface area contributed by atoms with E-state index in [1.54, 1.807) is 0 Å². The molecule has 1 amide bonds. The highest BCUT2D eigenvalue weighted by atomic mass is 35.5. The monoisotopic (exact) mass is 264 g/mol. The third kappa shape index (κ3) is 2.71. The van der Waals surface area contributed by atoms with E-state index in [9.17, 15) is 9.18 Å². The average Bonchev–Trinajstić information content (AvgIpc) is 2.54. The van der Waals surface area contributed by atoms with Crippen LogP contribution in [0, 0.1) is 13.8 Å². The maximum Gasteiger partial charge on any atom is 0.272 e. The zero-order valence-electron chi connectivity index (χ0n) is 9.62. The molecule has 1 aromatic heterocycles. The number of aromatic nitrogens is 1. The van der Waals surface area contributed by atoms with Crippen LogP contribution in [-0.4, -0.2) is 28.5 Å². The van der Waals surface area contributed by atoms with E-state index >= 15 is 0 Å². The molecule has 0 aliphatic heterocycles. The van der Waals surface area contributed by atoms with Gasteiger partial charge >= 0.3 is 0 Å². The Hall–Kier alpha value is -0.680. The van der Waals surface area contributed by atoms with Crippen LogP contribution < -0.4 is 0 Å². The molecule has 6 heteroatoms. The maximum absolute atomic E-state index is 12.7. The average molecular weight is 265 g/mol. The van der Waals surface area contributed by atoms with Gasteiger partial charge in [0.1, 0.15) is 0 Å². The molecule has 0 N–H and O–H groups in total. The van der Waals surface area contributed by atoms with Crippen molar-refractivity contribution in [2.24, 2.45) is 0 Å². The van der Waals surface area contributed by atoms with Crippen molar-refractivity contribution in [1.29, 1.82) is 0 Å². The van der Waals surface area contributed by atoms with Crippen LogP contribution in [0.3, 0.4) is 0 Å². The molecule has 0 aliphatic rings. The van der Waals surface area contributed by atoms with Gasteiger partial charge in [0.25, 0.3) is 11.5 Å². The topological polar surface area (TPSA) is 33.2 Å². The normalized spacial score (nSPS) is 14.6. The molecule has 0 aliphatic carbocycles. The first-order valence-electron chi connectivity index (χ1n) is 4.83. The predicted octanol–water partition coefficient (Wildman–Crippen LogP) is 2.81. The molecule has 0 saturated carbocycles. The van der Waals surface area contributed by atoms with E-state index in [2.05, 4.69) is 4.98 Å². The largest absolute Gasteiger partial charge is 0.334 e. The fourth-order valence-electron chi connectivity index (χ4n) is 1.46. The van der Waals surface area contributed by atoms with Crippen molar-refractivity contribution in [3.05, 3.63) is 15.6 Å². The van der Waals surface area contributed by atoms with Gasteiger partial charge in [-0.1, -0.05) is 11.6 Å². The first-order chi connectivity index (χ1) is 7.34. The molecule has 3 nitrogen and oxygen atoms in total. The molecule has 1 rings (SSSR count). The fraction of sp³-hybridized carbons (Fsp3) is 0.600. The van der Waals surface area contributed by atoms with Gasteiger partial charge in [0.2, 0.25) is 0 Å². The molecule has 1 aromatic rings. The van der Waals surface area contributed by atoms with Crippen LogP contribution in [0.15, 0.2) is 0 Å². The number of amides is 1. The van der Waals surface area contributed by atoms with Crippen molar-refractivity contribution in [1.82, 2.24) is 9.88 Å². The lowest BCUT2D eigenvalue weighted by atomic mass is 10.2. The number of hydrogen-bond acceptors (Lipinski definition) is 3. The number of aryl methyl sites for hydroxylation is 2. The van der Waals surface area contributed by atoms with Gasteiger partial charge in [0.15, 0.2) is 0 Å². The first kappa shape index (κ1) is 13.4. The van der Waals surface area contributed by atoms with Crippen molar-refractivity contribution in [2.45, 2.75) is 32.4 Å². The molecule has 0 spiro atoms. The van der Waals surface area contributed by atoms with Crippen molar-refractivity contribution in [3.8, 4) is 0 Å². The van der Waals surface area contributed by atoms with Gasteiger partial charge in [-0.2, -0.15) is 0 Å². The Morgan fingerprint density at radius 2 is 2.12 bits per heavy atom. The van der Waals surface area contributed by atoms with Gasteiger partial charge in [-0.3, -0.25) is 4.79 Å². The van der Waals surface area contributed by atoms with Crippen LogP contribution in [0.1, 0.15) is 28.5 Å². The number of hydrogen-bond donors (Lipinski definition) is 0. The summed E-state index contributed by atoms with van der Waals surface area (Å²) in [6.07, 6.45) is 0. The summed E-state index contributed by atoms with van der Waals surface area (Å²) in [6, 6.07) is -0.212. The molecule has 2 atom stereocenters. The van der Waals surface area contributed by atoms with E-state index in [1.165, 1.54) is 23.3 Å². The highest BCUT2D eigenvalue weighted by Crippen LogP contribution is 2.28. The second kappa shape index (κ2) is 5.10. The molecule has 2 unspecified atom stereocenters. The van der Waals surface area contributed by atoms with Gasteiger partial charge in [-0.05, 0) is 20.8 Å². The highest BCUT2D eigenvalue weighted by Gasteiger charge is 2.25. The lowest BCUT2D eigenvalue weighted by Gasteiger charge is -2.24. The number of rotatable bonds is 3. The Labute approximate surface area is 103 Å². The van der Waals surface area contributed by atoms with E-state index in [0.29, 0.717) is 0 Å². The Kier molecular flexibility index (Phi) is 4.27. The molecule has 16 heavy (non-hydrogen) atoms. The number of thiazole rings is 1. The smallest absolute Gasteiger partial charge is 0.272 e. The van der Waals surface area contributed by atoms with Crippen LogP contribution in [0.2, 0.25) is 0 Å². The number of halogens is 2. The zero-order valence-corrected chi connectivity index (χ0v) is 11.2. The fourth-order valence-corrected chi connectivity index (χ4v) is 2.63. The number of carbonyl (C=O) groups excluding carboxylic acids is 1. The van der Waals surface area contributed by atoms with Gasteiger partial charge < -0.3 is 4.90 Å². The maximum atomic E-state index is 12.7. The molecule has 0 aromatic carbocycles. The van der Waals surface area contributed by atoms with E-state index in [-0.39, 0.29) is 6.04 Å². The summed E-state index contributed by atoms with van der Waals surface area (Å²) in [5.41, 5.74) is -1.11. The van der Waals surface area contributed by atoms with E-state index in [0.717, 1.165) is 15.6 Å². The summed E-state index contributed by atoms with van der Waals surface area (Å²) in [5, 5.41) is 0.933. The third-order valence-corrected chi connectivity index (χ3v) is 3.86. The Balaban J connectivity index is 2.89. The van der Waals surface area contributed by atoms with E-state index < -0.39 is 11.5 Å². The van der Waals surface area contributed by atoms with Crippen molar-refractivity contribution in [2.75, 3.05) is 7.05 Å². The van der Waals surface area contributed by atoms with Gasteiger partial charge in [-0.25, -0.2) is 9.37 Å². The molecule has 0 fully saturated rings. The molecular formula is C10H14ClFN2OS. The van der Waals surface area contributed by atoms with Crippen LogP contribution >= 0.6 is 22.9 Å². The molecule has 0 saturated heterocycles. The SMILES string of the molecule is Cc1nc(C)c(C(C)N(C)C(=O)C(F)Cl)s1. The van der Waals surface area contributed by atoms with Gasteiger partial charge in [0.05, 0.1) is 16.7 Å². The lowest BCUT2D eigenvalue weighted by Crippen LogP contribution is -2.33. The molecule has 0 bridgehead atoms. The minimum atomic E-state index is -1.98. The number of carbonyl (C=O) groups is 1. The second-order valence-electron chi connectivity index (χ2n) is 3.61. The Morgan fingerprint density at radius 3 is 2.50 bits per heavy atom.